The molecule has 1 unspecified atom stereocenters. The Morgan fingerprint density at radius 3 is 2.84 bits per heavy atom. The van der Waals surface area contributed by atoms with Crippen LogP contribution in [-0.2, 0) is 0 Å². The molecule has 0 saturated carbocycles. The third-order valence-electron chi connectivity index (χ3n) is 2.93. The lowest BCUT2D eigenvalue weighted by Gasteiger charge is -2.15. The van der Waals surface area contributed by atoms with Crippen molar-refractivity contribution < 1.29 is 14.8 Å². The number of rotatable bonds is 8. The van der Waals surface area contributed by atoms with Crippen LogP contribution >= 0.6 is 0 Å². The first-order chi connectivity index (χ1) is 9.12. The Bertz CT molecular complexity index is 425. The van der Waals surface area contributed by atoms with Crippen LogP contribution < -0.4 is 10.1 Å². The highest BCUT2D eigenvalue weighted by atomic mass is 16.6. The molecule has 0 aromatic carbocycles. The van der Waals surface area contributed by atoms with Gasteiger partial charge in [-0.15, -0.1) is 0 Å². The molecule has 19 heavy (non-hydrogen) atoms. The van der Waals surface area contributed by atoms with Gasteiger partial charge in [-0.05, 0) is 12.3 Å². The van der Waals surface area contributed by atoms with Gasteiger partial charge in [0, 0.05) is 25.3 Å². The Morgan fingerprint density at radius 1 is 1.58 bits per heavy atom. The third kappa shape index (κ3) is 4.36. The van der Waals surface area contributed by atoms with Crippen molar-refractivity contribution >= 4 is 11.5 Å². The van der Waals surface area contributed by atoms with Crippen LogP contribution in [0.4, 0.5) is 11.5 Å². The second kappa shape index (κ2) is 7.52. The molecule has 0 amide bonds. The van der Waals surface area contributed by atoms with Gasteiger partial charge >= 0.3 is 5.69 Å². The number of ether oxygens (including phenoxy) is 1. The molecule has 7 nitrogen and oxygen atoms in total. The van der Waals surface area contributed by atoms with E-state index in [9.17, 15) is 10.1 Å². The van der Waals surface area contributed by atoms with E-state index in [1.807, 2.05) is 6.92 Å². The monoisotopic (exact) mass is 269 g/mol. The molecule has 0 spiro atoms. The van der Waals surface area contributed by atoms with E-state index in [1.165, 1.54) is 19.2 Å². The topological polar surface area (TPSA) is 97.5 Å². The number of aliphatic hydroxyl groups excluding tert-OH is 1. The van der Waals surface area contributed by atoms with Crippen molar-refractivity contribution in [1.82, 2.24) is 4.98 Å². The molecule has 1 heterocycles. The fourth-order valence-electron chi connectivity index (χ4n) is 1.70. The quantitative estimate of drug-likeness (QED) is 0.552. The lowest BCUT2D eigenvalue weighted by Crippen LogP contribution is -2.16. The van der Waals surface area contributed by atoms with Crippen LogP contribution in [-0.4, -0.2) is 35.3 Å². The minimum atomic E-state index is -0.484. The number of anilines is 1. The number of nitro groups is 1. The van der Waals surface area contributed by atoms with Crippen LogP contribution in [0.5, 0.6) is 5.88 Å². The largest absolute Gasteiger partial charge is 0.481 e. The molecular weight excluding hydrogens is 250 g/mol. The summed E-state index contributed by atoms with van der Waals surface area (Å²) in [6, 6.07) is 2.81. The van der Waals surface area contributed by atoms with E-state index in [0.717, 1.165) is 6.42 Å². The molecule has 7 heteroatoms. The number of aromatic nitrogens is 1. The van der Waals surface area contributed by atoms with Gasteiger partial charge in [0.2, 0.25) is 11.7 Å². The first-order valence-electron chi connectivity index (χ1n) is 6.16. The molecule has 1 rings (SSSR count). The van der Waals surface area contributed by atoms with Gasteiger partial charge in [-0.3, -0.25) is 10.1 Å². The minimum absolute atomic E-state index is 0.0837. The van der Waals surface area contributed by atoms with Crippen LogP contribution in [0.2, 0.25) is 0 Å². The van der Waals surface area contributed by atoms with Gasteiger partial charge in [0.1, 0.15) is 0 Å². The van der Waals surface area contributed by atoms with Gasteiger partial charge in [-0.2, -0.15) is 4.98 Å². The first kappa shape index (κ1) is 15.2. The van der Waals surface area contributed by atoms with E-state index in [1.54, 1.807) is 0 Å². The highest BCUT2D eigenvalue weighted by Gasteiger charge is 2.17. The highest BCUT2D eigenvalue weighted by Crippen LogP contribution is 2.25. The average Bonchev–Trinajstić information content (AvgIpc) is 2.42. The minimum Gasteiger partial charge on any atom is -0.481 e. The summed E-state index contributed by atoms with van der Waals surface area (Å²) in [4.78, 5) is 14.5. The SMILES string of the molecule is CCC(CCO)CNc1nc(OC)ccc1[N+](=O)[O-]. The van der Waals surface area contributed by atoms with Crippen molar-refractivity contribution in [2.75, 3.05) is 25.6 Å². The summed E-state index contributed by atoms with van der Waals surface area (Å²) < 4.78 is 4.96. The summed E-state index contributed by atoms with van der Waals surface area (Å²) in [7, 11) is 1.46. The van der Waals surface area contributed by atoms with Gasteiger partial charge in [-0.1, -0.05) is 13.3 Å². The van der Waals surface area contributed by atoms with Crippen LogP contribution in [0, 0.1) is 16.0 Å². The molecule has 1 aromatic rings. The summed E-state index contributed by atoms with van der Waals surface area (Å²) in [6.07, 6.45) is 1.53. The van der Waals surface area contributed by atoms with Crippen molar-refractivity contribution in [2.24, 2.45) is 5.92 Å². The Hall–Kier alpha value is -1.89. The van der Waals surface area contributed by atoms with E-state index in [2.05, 4.69) is 10.3 Å². The summed E-state index contributed by atoms with van der Waals surface area (Å²) in [6.45, 7) is 2.64. The molecule has 0 aliphatic carbocycles. The Kier molecular flexibility index (Phi) is 6.01. The number of methoxy groups -OCH3 is 1. The van der Waals surface area contributed by atoms with Crippen molar-refractivity contribution in [1.29, 1.82) is 0 Å². The maximum Gasteiger partial charge on any atom is 0.311 e. The first-order valence-corrected chi connectivity index (χ1v) is 6.16. The van der Waals surface area contributed by atoms with Crippen molar-refractivity contribution in [2.45, 2.75) is 19.8 Å². The smallest absolute Gasteiger partial charge is 0.311 e. The number of hydrogen-bond donors (Lipinski definition) is 2. The molecule has 0 fully saturated rings. The average molecular weight is 269 g/mol. The summed E-state index contributed by atoms with van der Waals surface area (Å²) in [5.74, 6) is 0.765. The molecule has 0 radical (unpaired) electrons. The zero-order valence-corrected chi connectivity index (χ0v) is 11.1. The normalized spacial score (nSPS) is 11.9. The molecule has 2 N–H and O–H groups in total. The van der Waals surface area contributed by atoms with Gasteiger partial charge < -0.3 is 15.2 Å². The number of nitrogens with one attached hydrogen (secondary N) is 1. The zero-order valence-electron chi connectivity index (χ0n) is 11.1. The lowest BCUT2D eigenvalue weighted by molar-refractivity contribution is -0.384. The number of hydrogen-bond acceptors (Lipinski definition) is 6. The van der Waals surface area contributed by atoms with Crippen LogP contribution in [0.3, 0.4) is 0 Å². The maximum atomic E-state index is 10.9. The third-order valence-corrected chi connectivity index (χ3v) is 2.93. The second-order valence-corrected chi connectivity index (χ2v) is 4.15. The van der Waals surface area contributed by atoms with Gasteiger partial charge in [0.25, 0.3) is 0 Å². The molecule has 0 bridgehead atoms. The molecule has 0 saturated heterocycles. The fraction of sp³-hybridized carbons (Fsp3) is 0.583. The lowest BCUT2D eigenvalue weighted by atomic mass is 10.0. The Morgan fingerprint density at radius 2 is 2.32 bits per heavy atom. The summed E-state index contributed by atoms with van der Waals surface area (Å²) >= 11 is 0. The molecule has 106 valence electrons. The van der Waals surface area contributed by atoms with Gasteiger partial charge in [-0.25, -0.2) is 0 Å². The van der Waals surface area contributed by atoms with Gasteiger partial charge in [0.15, 0.2) is 0 Å². The van der Waals surface area contributed by atoms with E-state index in [4.69, 9.17) is 9.84 Å². The predicted molar refractivity (Wildman–Crippen MR) is 71.4 cm³/mol. The van der Waals surface area contributed by atoms with E-state index < -0.39 is 4.92 Å². The van der Waals surface area contributed by atoms with E-state index >= 15 is 0 Å². The summed E-state index contributed by atoms with van der Waals surface area (Å²) in [5.41, 5.74) is -0.0837. The summed E-state index contributed by atoms with van der Waals surface area (Å²) in [5, 5.41) is 22.8. The van der Waals surface area contributed by atoms with Gasteiger partial charge in [0.05, 0.1) is 12.0 Å². The Labute approximate surface area is 111 Å². The van der Waals surface area contributed by atoms with Crippen LogP contribution in [0.15, 0.2) is 12.1 Å². The zero-order chi connectivity index (χ0) is 14.3. The van der Waals surface area contributed by atoms with Crippen molar-refractivity contribution in [3.8, 4) is 5.88 Å². The van der Waals surface area contributed by atoms with E-state index in [-0.39, 0.29) is 24.0 Å². The number of pyridine rings is 1. The molecular formula is C12H19N3O4. The molecule has 1 atom stereocenters. The molecule has 0 aliphatic heterocycles. The predicted octanol–water partition coefficient (Wildman–Crippen LogP) is 1.82. The van der Waals surface area contributed by atoms with Crippen LogP contribution in [0.25, 0.3) is 0 Å². The molecule has 0 aliphatic rings. The van der Waals surface area contributed by atoms with Crippen molar-refractivity contribution in [3.05, 3.63) is 22.2 Å². The van der Waals surface area contributed by atoms with E-state index in [0.29, 0.717) is 18.8 Å². The number of nitrogens with zero attached hydrogens (tertiary/aromatic N) is 2. The fourth-order valence-corrected chi connectivity index (χ4v) is 1.70. The standard InChI is InChI=1S/C12H19N3O4/c1-3-9(6-7-16)8-13-12-10(15(17)18)4-5-11(14-12)19-2/h4-5,9,16H,3,6-8H2,1-2H3,(H,13,14). The Balaban J connectivity index is 2.82. The highest BCUT2D eigenvalue weighted by molar-refractivity contribution is 5.57. The van der Waals surface area contributed by atoms with Crippen molar-refractivity contribution in [3.63, 3.8) is 0 Å². The number of aliphatic hydroxyl groups is 1. The van der Waals surface area contributed by atoms with Crippen LogP contribution in [0.1, 0.15) is 19.8 Å². The molecule has 1 aromatic heterocycles. The second-order valence-electron chi connectivity index (χ2n) is 4.15. The maximum absolute atomic E-state index is 10.9.